The smallest absolute Gasteiger partial charge is 0.234 e. The minimum Gasteiger partial charge on any atom is -0.497 e. The van der Waals surface area contributed by atoms with Gasteiger partial charge in [0.1, 0.15) is 5.75 Å². The van der Waals surface area contributed by atoms with Crippen molar-refractivity contribution in [2.45, 2.75) is 45.1 Å². The number of amides is 2. The number of nitrogens with one attached hydrogen (secondary N) is 1. The van der Waals surface area contributed by atoms with Crippen LogP contribution in [0.25, 0.3) is 0 Å². The Kier molecular flexibility index (Phi) is 8.64. The molecule has 39 heavy (non-hydrogen) atoms. The van der Waals surface area contributed by atoms with E-state index in [1.54, 1.807) is 12.0 Å². The molecule has 0 spiro atoms. The van der Waals surface area contributed by atoms with Crippen molar-refractivity contribution in [3.63, 3.8) is 0 Å². The fraction of sp³-hybridized carbons (Fsp3) is 0.355. The number of carbonyl (C=O) groups excluding carboxylic acids is 2. The average Bonchev–Trinajstić information content (AvgIpc) is 2.88. The molecule has 8 heteroatoms. The van der Waals surface area contributed by atoms with Crippen molar-refractivity contribution >= 4 is 29.1 Å². The van der Waals surface area contributed by atoms with Gasteiger partial charge in [-0.25, -0.2) is 0 Å². The Morgan fingerprint density at radius 3 is 2.31 bits per heavy atom. The number of ether oxygens (including phenoxy) is 2. The van der Waals surface area contributed by atoms with Gasteiger partial charge in [-0.15, -0.1) is 0 Å². The summed E-state index contributed by atoms with van der Waals surface area (Å²) < 4.78 is 12.2. The highest BCUT2D eigenvalue weighted by Crippen LogP contribution is 2.47. The standard InChI is InChI=1S/C31H36ClN3O4/c1-20(2)39-31(24-9-11-25(32)12-10-24)28-16-15-27(38-6)17-23(28)18-30(37)35(31)26-13-7-22(8-14-26)21(3)33-29(36)19-34(4)5/h7-17,20-21H,18-19H2,1-6H3,(H,33,36)/t21-,31-/m0/s1. The van der Waals surface area contributed by atoms with Crippen molar-refractivity contribution in [3.05, 3.63) is 94.0 Å². The van der Waals surface area contributed by atoms with Crippen LogP contribution in [0.4, 0.5) is 5.69 Å². The largest absolute Gasteiger partial charge is 0.497 e. The lowest BCUT2D eigenvalue weighted by Crippen LogP contribution is -2.57. The number of fused-ring (bicyclic) bond motifs is 1. The molecule has 0 aliphatic carbocycles. The molecule has 1 heterocycles. The molecule has 2 amide bonds. The van der Waals surface area contributed by atoms with Gasteiger partial charge in [0.25, 0.3) is 0 Å². The first-order valence-electron chi connectivity index (χ1n) is 13.0. The quantitative estimate of drug-likeness (QED) is 0.392. The number of anilines is 1. The molecule has 1 aliphatic heterocycles. The third kappa shape index (κ3) is 5.96. The van der Waals surface area contributed by atoms with E-state index in [9.17, 15) is 9.59 Å². The molecule has 3 aromatic carbocycles. The molecule has 0 saturated heterocycles. The van der Waals surface area contributed by atoms with Gasteiger partial charge in [-0.05, 0) is 88.5 Å². The fourth-order valence-corrected chi connectivity index (χ4v) is 5.22. The molecule has 0 saturated carbocycles. The second-order valence-corrected chi connectivity index (χ2v) is 10.8. The number of rotatable bonds is 9. The first-order chi connectivity index (χ1) is 18.5. The monoisotopic (exact) mass is 549 g/mol. The average molecular weight is 550 g/mol. The van der Waals surface area contributed by atoms with Gasteiger partial charge in [-0.1, -0.05) is 35.9 Å². The maximum atomic E-state index is 14.0. The summed E-state index contributed by atoms with van der Waals surface area (Å²) in [7, 11) is 5.32. The fourth-order valence-electron chi connectivity index (χ4n) is 5.09. The molecule has 3 aromatic rings. The van der Waals surface area contributed by atoms with Gasteiger partial charge in [0, 0.05) is 21.8 Å². The lowest BCUT2D eigenvalue weighted by molar-refractivity contribution is -0.129. The van der Waals surface area contributed by atoms with Crippen molar-refractivity contribution < 1.29 is 19.1 Å². The summed E-state index contributed by atoms with van der Waals surface area (Å²) in [5.41, 5.74) is 2.89. The van der Waals surface area contributed by atoms with E-state index in [0.29, 0.717) is 23.0 Å². The summed E-state index contributed by atoms with van der Waals surface area (Å²) in [4.78, 5) is 29.8. The van der Waals surface area contributed by atoms with E-state index in [1.165, 1.54) is 0 Å². The van der Waals surface area contributed by atoms with Crippen LogP contribution >= 0.6 is 11.6 Å². The maximum absolute atomic E-state index is 14.0. The zero-order valence-electron chi connectivity index (χ0n) is 23.3. The molecule has 2 atom stereocenters. The van der Waals surface area contributed by atoms with Crippen molar-refractivity contribution in [1.29, 1.82) is 0 Å². The lowest BCUT2D eigenvalue weighted by Gasteiger charge is -2.48. The molecule has 4 rings (SSSR count). The van der Waals surface area contributed by atoms with Crippen LogP contribution < -0.4 is 15.0 Å². The highest BCUT2D eigenvalue weighted by Gasteiger charge is 2.50. The Balaban J connectivity index is 1.83. The summed E-state index contributed by atoms with van der Waals surface area (Å²) in [6, 6.07) is 20.7. The second-order valence-electron chi connectivity index (χ2n) is 10.4. The molecule has 0 bridgehead atoms. The van der Waals surface area contributed by atoms with E-state index in [1.807, 2.05) is 106 Å². The van der Waals surface area contributed by atoms with Gasteiger partial charge in [-0.3, -0.25) is 14.5 Å². The number of benzene rings is 3. The normalized spacial score (nSPS) is 17.8. The van der Waals surface area contributed by atoms with Crippen LogP contribution in [0.5, 0.6) is 5.75 Å². The van der Waals surface area contributed by atoms with Gasteiger partial charge in [0.15, 0.2) is 0 Å². The summed E-state index contributed by atoms with van der Waals surface area (Å²) in [6.45, 7) is 6.17. The number of carbonyl (C=O) groups is 2. The van der Waals surface area contributed by atoms with Crippen LogP contribution in [0, 0.1) is 0 Å². The van der Waals surface area contributed by atoms with Gasteiger partial charge in [-0.2, -0.15) is 0 Å². The molecule has 7 nitrogen and oxygen atoms in total. The van der Waals surface area contributed by atoms with Crippen molar-refractivity contribution in [1.82, 2.24) is 10.2 Å². The second kappa shape index (κ2) is 11.8. The highest BCUT2D eigenvalue weighted by molar-refractivity contribution is 6.30. The summed E-state index contributed by atoms with van der Waals surface area (Å²) in [5, 5.41) is 3.62. The van der Waals surface area contributed by atoms with Gasteiger partial charge < -0.3 is 19.7 Å². The van der Waals surface area contributed by atoms with Crippen molar-refractivity contribution in [2.24, 2.45) is 0 Å². The number of halogens is 1. The van der Waals surface area contributed by atoms with Gasteiger partial charge in [0.05, 0.1) is 32.2 Å². The minimum absolute atomic E-state index is 0.0538. The molecule has 1 N–H and O–H groups in total. The number of hydrogen-bond donors (Lipinski definition) is 1. The zero-order valence-corrected chi connectivity index (χ0v) is 24.1. The third-order valence-corrected chi connectivity index (χ3v) is 6.97. The molecule has 0 fully saturated rings. The van der Waals surface area contributed by atoms with Crippen molar-refractivity contribution in [3.8, 4) is 5.75 Å². The molecule has 0 unspecified atom stereocenters. The van der Waals surface area contributed by atoms with E-state index in [4.69, 9.17) is 21.1 Å². The van der Waals surface area contributed by atoms with Crippen LogP contribution in [0.1, 0.15) is 49.1 Å². The number of hydrogen-bond acceptors (Lipinski definition) is 5. The van der Waals surface area contributed by atoms with Gasteiger partial charge >= 0.3 is 0 Å². The van der Waals surface area contributed by atoms with Crippen molar-refractivity contribution in [2.75, 3.05) is 32.6 Å². The summed E-state index contributed by atoms with van der Waals surface area (Å²) >= 11 is 6.26. The van der Waals surface area contributed by atoms with Crippen LogP contribution in [0.15, 0.2) is 66.7 Å². The summed E-state index contributed by atoms with van der Waals surface area (Å²) in [5.74, 6) is 0.521. The predicted molar refractivity (Wildman–Crippen MR) is 154 cm³/mol. The van der Waals surface area contributed by atoms with E-state index >= 15 is 0 Å². The first kappa shape index (κ1) is 28.6. The molecule has 1 aliphatic rings. The van der Waals surface area contributed by atoms with Crippen LogP contribution in [-0.4, -0.2) is 50.6 Å². The topological polar surface area (TPSA) is 71.1 Å². The van der Waals surface area contributed by atoms with E-state index in [0.717, 1.165) is 22.3 Å². The Morgan fingerprint density at radius 1 is 1.05 bits per heavy atom. The van der Waals surface area contributed by atoms with E-state index in [2.05, 4.69) is 5.32 Å². The Morgan fingerprint density at radius 2 is 1.72 bits per heavy atom. The van der Waals surface area contributed by atoms with E-state index < -0.39 is 5.72 Å². The highest BCUT2D eigenvalue weighted by atomic mass is 35.5. The lowest BCUT2D eigenvalue weighted by atomic mass is 9.83. The molecular formula is C31H36ClN3O4. The molecule has 0 aromatic heterocycles. The molecule has 206 valence electrons. The number of likely N-dealkylation sites (N-methyl/N-ethyl adjacent to an activating group) is 1. The first-order valence-corrected chi connectivity index (χ1v) is 13.4. The summed E-state index contributed by atoms with van der Waals surface area (Å²) in [6.07, 6.45) is -0.0162. The maximum Gasteiger partial charge on any atom is 0.234 e. The van der Waals surface area contributed by atoms with Crippen LogP contribution in [-0.2, 0) is 26.5 Å². The number of methoxy groups -OCH3 is 1. The Hall–Kier alpha value is -3.39. The Bertz CT molecular complexity index is 1320. The van der Waals surface area contributed by atoms with Gasteiger partial charge in [0.2, 0.25) is 17.5 Å². The SMILES string of the molecule is COc1ccc2c(c1)CC(=O)N(c1ccc([C@H](C)NC(=O)CN(C)C)cc1)[C@]2(OC(C)C)c1ccc(Cl)cc1. The molecule has 0 radical (unpaired) electrons. The minimum atomic E-state index is -1.23. The molecular weight excluding hydrogens is 514 g/mol. The van der Waals surface area contributed by atoms with Crippen LogP contribution in [0.3, 0.4) is 0 Å². The Labute approximate surface area is 235 Å². The van der Waals surface area contributed by atoms with Crippen LogP contribution in [0.2, 0.25) is 5.02 Å². The predicted octanol–water partition coefficient (Wildman–Crippen LogP) is 5.30. The third-order valence-electron chi connectivity index (χ3n) is 6.71. The number of nitrogens with zero attached hydrogens (tertiary/aromatic N) is 2. The zero-order chi connectivity index (χ0) is 28.3. The van der Waals surface area contributed by atoms with E-state index in [-0.39, 0.29) is 30.4 Å².